The summed E-state index contributed by atoms with van der Waals surface area (Å²) in [4.78, 5) is 26.3. The molecule has 1 aliphatic heterocycles. The Bertz CT molecular complexity index is 385. The van der Waals surface area contributed by atoms with Crippen molar-refractivity contribution in [3.05, 3.63) is 0 Å². The topological polar surface area (TPSA) is 58.6 Å². The van der Waals surface area contributed by atoms with Gasteiger partial charge in [0.2, 0.25) is 5.91 Å². The van der Waals surface area contributed by atoms with Gasteiger partial charge in [0.1, 0.15) is 5.60 Å². The van der Waals surface area contributed by atoms with Crippen molar-refractivity contribution in [2.24, 2.45) is 0 Å². The number of rotatable bonds is 1. The van der Waals surface area contributed by atoms with Gasteiger partial charge < -0.3 is 4.74 Å². The number of nitrogens with one attached hydrogen (secondary N) is 1. The van der Waals surface area contributed by atoms with Gasteiger partial charge in [-0.15, -0.1) is 0 Å². The molecule has 1 heterocycles. The molecular weight excluding hydrogens is 324 g/mol. The molecule has 116 valence electrons. The van der Waals surface area contributed by atoms with Gasteiger partial charge in [-0.1, -0.05) is 15.9 Å². The number of nitrogens with zero attached hydrogens (tertiary/aromatic N) is 1. The summed E-state index contributed by atoms with van der Waals surface area (Å²) >= 11 is 3.56. The molecule has 6 heteroatoms. The van der Waals surface area contributed by atoms with Crippen LogP contribution in [0, 0.1) is 0 Å². The predicted octanol–water partition coefficient (Wildman–Crippen LogP) is 2.67. The lowest BCUT2D eigenvalue weighted by atomic mass is 10.0. The van der Waals surface area contributed by atoms with Crippen LogP contribution in [0.25, 0.3) is 0 Å². The Morgan fingerprint density at radius 3 is 2.20 bits per heavy atom. The molecule has 0 spiro atoms. The SMILES string of the molecule is CC(C)(C)OC(=O)NC(=O)[C@@H]1C[C@H](Br)CN1C(C)(C)C. The second-order valence-corrected chi connectivity index (χ2v) is 8.46. The zero-order chi connectivity index (χ0) is 15.7. The minimum atomic E-state index is -0.686. The zero-order valence-corrected chi connectivity index (χ0v) is 14.7. The summed E-state index contributed by atoms with van der Waals surface area (Å²) in [6.07, 6.45) is 0.000652. The lowest BCUT2D eigenvalue weighted by molar-refractivity contribution is -0.126. The van der Waals surface area contributed by atoms with Crippen LogP contribution in [0.3, 0.4) is 0 Å². The van der Waals surface area contributed by atoms with Crippen molar-refractivity contribution < 1.29 is 14.3 Å². The molecule has 5 nitrogen and oxygen atoms in total. The molecule has 0 saturated carbocycles. The fourth-order valence-corrected chi connectivity index (χ4v) is 2.93. The summed E-state index contributed by atoms with van der Waals surface area (Å²) in [7, 11) is 0. The predicted molar refractivity (Wildman–Crippen MR) is 82.0 cm³/mol. The third-order valence-electron chi connectivity index (χ3n) is 3.04. The number of hydrogen-bond acceptors (Lipinski definition) is 4. The first-order chi connectivity index (χ1) is 8.90. The molecule has 1 N–H and O–H groups in total. The fourth-order valence-electron chi connectivity index (χ4n) is 2.26. The molecular formula is C14H25BrN2O3. The lowest BCUT2D eigenvalue weighted by Gasteiger charge is -2.36. The number of alkyl halides is 1. The molecule has 1 saturated heterocycles. The van der Waals surface area contributed by atoms with Crippen LogP contribution in [-0.2, 0) is 9.53 Å². The Kier molecular flexibility index (Phi) is 5.24. The van der Waals surface area contributed by atoms with Crippen molar-refractivity contribution in [1.29, 1.82) is 0 Å². The van der Waals surface area contributed by atoms with Gasteiger partial charge in [-0.05, 0) is 48.0 Å². The number of imide groups is 1. The molecule has 2 amide bonds. The Labute approximate surface area is 129 Å². The Morgan fingerprint density at radius 1 is 1.20 bits per heavy atom. The Balaban J connectivity index is 2.69. The van der Waals surface area contributed by atoms with E-state index < -0.39 is 11.7 Å². The van der Waals surface area contributed by atoms with Crippen molar-refractivity contribution in [3.63, 3.8) is 0 Å². The highest BCUT2D eigenvalue weighted by molar-refractivity contribution is 9.09. The quantitative estimate of drug-likeness (QED) is 0.740. The van der Waals surface area contributed by atoms with Gasteiger partial charge in [0.15, 0.2) is 0 Å². The maximum atomic E-state index is 12.3. The standard InChI is InChI=1S/C14H25BrN2O3/c1-13(2,3)17-8-9(15)7-10(17)11(18)16-12(19)20-14(4,5)6/h9-10H,7-8H2,1-6H3,(H,16,18,19)/t9-,10-/m0/s1. The number of hydrogen-bond donors (Lipinski definition) is 1. The summed E-state index contributed by atoms with van der Waals surface area (Å²) in [5.74, 6) is -0.295. The van der Waals surface area contributed by atoms with Gasteiger partial charge in [0.25, 0.3) is 0 Å². The highest BCUT2D eigenvalue weighted by Crippen LogP contribution is 2.30. The molecule has 0 aliphatic carbocycles. The maximum absolute atomic E-state index is 12.3. The number of halogens is 1. The van der Waals surface area contributed by atoms with E-state index in [9.17, 15) is 9.59 Å². The van der Waals surface area contributed by atoms with E-state index in [1.807, 2.05) is 0 Å². The van der Waals surface area contributed by atoms with Crippen LogP contribution in [0.2, 0.25) is 0 Å². The summed E-state index contributed by atoms with van der Waals surface area (Å²) in [5, 5.41) is 2.34. The second kappa shape index (κ2) is 6.02. The van der Waals surface area contributed by atoms with E-state index in [-0.39, 0.29) is 22.3 Å². The Morgan fingerprint density at radius 2 is 1.75 bits per heavy atom. The van der Waals surface area contributed by atoms with Crippen LogP contribution in [0.15, 0.2) is 0 Å². The normalized spacial score (nSPS) is 24.6. The number of carbonyl (C=O) groups is 2. The van der Waals surface area contributed by atoms with Crippen molar-refractivity contribution >= 4 is 27.9 Å². The number of likely N-dealkylation sites (tertiary alicyclic amines) is 1. The number of carbonyl (C=O) groups excluding carboxylic acids is 2. The minimum absolute atomic E-state index is 0.127. The molecule has 0 unspecified atom stereocenters. The van der Waals surface area contributed by atoms with E-state index in [0.717, 1.165) is 6.54 Å². The molecule has 0 aromatic carbocycles. The van der Waals surface area contributed by atoms with Crippen molar-refractivity contribution in [3.8, 4) is 0 Å². The average Bonchev–Trinajstić information content (AvgIpc) is 2.56. The molecule has 0 radical (unpaired) electrons. The molecule has 0 aromatic heterocycles. The van der Waals surface area contributed by atoms with E-state index in [1.54, 1.807) is 20.8 Å². The van der Waals surface area contributed by atoms with Crippen molar-refractivity contribution in [1.82, 2.24) is 10.2 Å². The van der Waals surface area contributed by atoms with Crippen LogP contribution in [0.5, 0.6) is 0 Å². The van der Waals surface area contributed by atoms with Crippen LogP contribution >= 0.6 is 15.9 Å². The molecule has 0 aromatic rings. The van der Waals surface area contributed by atoms with Crippen molar-refractivity contribution in [2.75, 3.05) is 6.54 Å². The summed E-state index contributed by atoms with van der Waals surface area (Å²) in [5.41, 5.74) is -0.736. The Hall–Kier alpha value is -0.620. The molecule has 1 rings (SSSR count). The van der Waals surface area contributed by atoms with Crippen LogP contribution in [0.1, 0.15) is 48.0 Å². The minimum Gasteiger partial charge on any atom is -0.444 e. The number of amides is 2. The number of ether oxygens (including phenoxy) is 1. The van der Waals surface area contributed by atoms with Gasteiger partial charge in [-0.25, -0.2) is 4.79 Å². The van der Waals surface area contributed by atoms with E-state index in [4.69, 9.17) is 4.74 Å². The molecule has 20 heavy (non-hydrogen) atoms. The van der Waals surface area contributed by atoms with E-state index in [0.29, 0.717) is 6.42 Å². The number of alkyl carbamates (subject to hydrolysis) is 1. The third kappa shape index (κ3) is 5.05. The molecule has 0 bridgehead atoms. The second-order valence-electron chi connectivity index (χ2n) is 7.16. The van der Waals surface area contributed by atoms with E-state index >= 15 is 0 Å². The first kappa shape index (κ1) is 17.4. The molecule has 1 fully saturated rings. The average molecular weight is 349 g/mol. The smallest absolute Gasteiger partial charge is 0.414 e. The van der Waals surface area contributed by atoms with Gasteiger partial charge in [0.05, 0.1) is 6.04 Å². The highest BCUT2D eigenvalue weighted by atomic mass is 79.9. The summed E-state index contributed by atoms with van der Waals surface area (Å²) in [6.45, 7) is 12.3. The first-order valence-corrected chi connectivity index (χ1v) is 7.76. The maximum Gasteiger partial charge on any atom is 0.414 e. The zero-order valence-electron chi connectivity index (χ0n) is 13.1. The van der Waals surface area contributed by atoms with Gasteiger partial charge in [0, 0.05) is 16.9 Å². The fraction of sp³-hybridized carbons (Fsp3) is 0.857. The molecule has 1 aliphatic rings. The van der Waals surface area contributed by atoms with Crippen LogP contribution in [0.4, 0.5) is 4.79 Å². The summed E-state index contributed by atoms with van der Waals surface area (Å²) in [6, 6.07) is -0.313. The van der Waals surface area contributed by atoms with Gasteiger partial charge in [-0.3, -0.25) is 15.0 Å². The van der Waals surface area contributed by atoms with Gasteiger partial charge >= 0.3 is 6.09 Å². The highest BCUT2D eigenvalue weighted by Gasteiger charge is 2.41. The summed E-state index contributed by atoms with van der Waals surface area (Å²) < 4.78 is 5.11. The third-order valence-corrected chi connectivity index (χ3v) is 3.70. The van der Waals surface area contributed by atoms with E-state index in [1.165, 1.54) is 0 Å². The largest absolute Gasteiger partial charge is 0.444 e. The van der Waals surface area contributed by atoms with Crippen LogP contribution < -0.4 is 5.32 Å². The first-order valence-electron chi connectivity index (χ1n) is 6.85. The monoisotopic (exact) mass is 348 g/mol. The molecule has 2 atom stereocenters. The van der Waals surface area contributed by atoms with Crippen LogP contribution in [-0.4, -0.2) is 45.5 Å². The lowest BCUT2D eigenvalue weighted by Crippen LogP contribution is -2.52. The van der Waals surface area contributed by atoms with Gasteiger partial charge in [-0.2, -0.15) is 0 Å². The van der Waals surface area contributed by atoms with Crippen molar-refractivity contribution in [2.45, 2.75) is 70.0 Å². The van der Waals surface area contributed by atoms with E-state index in [2.05, 4.69) is 46.9 Å².